The average molecular weight is 273 g/mol. The van der Waals surface area contributed by atoms with Crippen molar-refractivity contribution >= 4 is 10.0 Å². The molecular formula is C12H16FNO3S. The third-order valence-corrected chi connectivity index (χ3v) is 5.27. The van der Waals surface area contributed by atoms with Crippen LogP contribution in [0.5, 0.6) is 0 Å². The Balaban J connectivity index is 2.80. The maximum absolute atomic E-state index is 13.3. The Labute approximate surface area is 106 Å². The van der Waals surface area contributed by atoms with Crippen LogP contribution in [0.15, 0.2) is 23.1 Å². The second kappa shape index (κ2) is 3.53. The van der Waals surface area contributed by atoms with E-state index in [0.29, 0.717) is 0 Å². The Bertz CT molecular complexity index is 602. The summed E-state index contributed by atoms with van der Waals surface area (Å²) >= 11 is 0. The van der Waals surface area contributed by atoms with Crippen LogP contribution < -0.4 is 0 Å². The minimum atomic E-state index is -3.81. The van der Waals surface area contributed by atoms with Gasteiger partial charge in [-0.15, -0.1) is 0 Å². The Morgan fingerprint density at radius 2 is 1.89 bits per heavy atom. The lowest BCUT2D eigenvalue weighted by molar-refractivity contribution is -0.0798. The number of rotatable bonds is 0. The Hall–Kier alpha value is -0.980. The zero-order chi connectivity index (χ0) is 13.9. The highest BCUT2D eigenvalue weighted by molar-refractivity contribution is 7.89. The van der Waals surface area contributed by atoms with Gasteiger partial charge in [-0.3, -0.25) is 0 Å². The molecule has 4 nitrogen and oxygen atoms in total. The van der Waals surface area contributed by atoms with E-state index in [2.05, 4.69) is 0 Å². The van der Waals surface area contributed by atoms with Crippen molar-refractivity contribution in [2.24, 2.45) is 0 Å². The van der Waals surface area contributed by atoms with Gasteiger partial charge in [-0.2, -0.15) is 4.31 Å². The van der Waals surface area contributed by atoms with E-state index in [4.69, 9.17) is 0 Å². The smallest absolute Gasteiger partial charge is 0.246 e. The number of hydrogen-bond donors (Lipinski definition) is 1. The summed E-state index contributed by atoms with van der Waals surface area (Å²) < 4.78 is 39.1. The molecule has 1 atom stereocenters. The molecule has 0 aliphatic carbocycles. The number of hydrogen-bond acceptors (Lipinski definition) is 3. The van der Waals surface area contributed by atoms with E-state index < -0.39 is 27.1 Å². The minimum absolute atomic E-state index is 0.0381. The van der Waals surface area contributed by atoms with Gasteiger partial charge in [0.25, 0.3) is 0 Å². The summed E-state index contributed by atoms with van der Waals surface area (Å²) in [5.74, 6) is -0.569. The highest BCUT2D eigenvalue weighted by Crippen LogP contribution is 2.46. The summed E-state index contributed by atoms with van der Waals surface area (Å²) in [5, 5.41) is 10.5. The lowest BCUT2D eigenvalue weighted by Gasteiger charge is -2.38. The van der Waals surface area contributed by atoms with E-state index in [9.17, 15) is 17.9 Å². The van der Waals surface area contributed by atoms with Gasteiger partial charge in [0.2, 0.25) is 10.0 Å². The Kier molecular flexibility index (Phi) is 2.63. The summed E-state index contributed by atoms with van der Waals surface area (Å²) in [6, 6.07) is 3.34. The van der Waals surface area contributed by atoms with Crippen molar-refractivity contribution in [3.63, 3.8) is 0 Å². The molecule has 1 aliphatic rings. The molecule has 1 heterocycles. The first kappa shape index (κ1) is 13.5. The molecule has 0 aromatic heterocycles. The van der Waals surface area contributed by atoms with Gasteiger partial charge in [-0.1, -0.05) is 0 Å². The van der Waals surface area contributed by atoms with Crippen LogP contribution >= 0.6 is 0 Å². The predicted molar refractivity (Wildman–Crippen MR) is 64.7 cm³/mol. The van der Waals surface area contributed by atoms with Crippen LogP contribution in [-0.2, 0) is 15.7 Å². The van der Waals surface area contributed by atoms with Crippen molar-refractivity contribution in [1.29, 1.82) is 0 Å². The lowest BCUT2D eigenvalue weighted by atomic mass is 10.00. The van der Waals surface area contributed by atoms with Crippen molar-refractivity contribution in [1.82, 2.24) is 4.31 Å². The van der Waals surface area contributed by atoms with Gasteiger partial charge in [0.1, 0.15) is 5.82 Å². The van der Waals surface area contributed by atoms with E-state index in [1.807, 2.05) is 0 Å². The topological polar surface area (TPSA) is 57.6 Å². The van der Waals surface area contributed by atoms with Crippen LogP contribution in [0, 0.1) is 5.82 Å². The first-order valence-corrected chi connectivity index (χ1v) is 7.01. The van der Waals surface area contributed by atoms with Crippen molar-refractivity contribution in [2.75, 3.05) is 0 Å². The van der Waals surface area contributed by atoms with Crippen LogP contribution in [0.4, 0.5) is 4.39 Å². The fraction of sp³-hybridized carbons (Fsp3) is 0.500. The lowest BCUT2D eigenvalue weighted by Crippen LogP contribution is -2.52. The van der Waals surface area contributed by atoms with Crippen LogP contribution in [-0.4, -0.2) is 23.4 Å². The quantitative estimate of drug-likeness (QED) is 0.784. The predicted octanol–water partition coefficient (Wildman–Crippen LogP) is 1.79. The molecule has 1 unspecified atom stereocenters. The number of aliphatic hydroxyl groups is 1. The second-order valence-electron chi connectivity index (χ2n) is 5.60. The molecule has 0 bridgehead atoms. The molecule has 1 N–H and O–H groups in total. The fourth-order valence-electron chi connectivity index (χ4n) is 2.55. The molecule has 0 spiro atoms. The molecule has 0 amide bonds. The van der Waals surface area contributed by atoms with E-state index in [1.54, 1.807) is 20.8 Å². The second-order valence-corrected chi connectivity index (χ2v) is 7.36. The summed E-state index contributed by atoms with van der Waals surface area (Å²) in [5.41, 5.74) is -2.47. The molecule has 0 radical (unpaired) electrons. The molecule has 0 fully saturated rings. The zero-order valence-electron chi connectivity index (χ0n) is 10.7. The molecule has 1 aliphatic heterocycles. The van der Waals surface area contributed by atoms with Gasteiger partial charge in [0, 0.05) is 11.1 Å². The van der Waals surface area contributed by atoms with E-state index >= 15 is 0 Å². The van der Waals surface area contributed by atoms with Crippen LogP contribution in [0.25, 0.3) is 0 Å². The van der Waals surface area contributed by atoms with E-state index in [1.165, 1.54) is 13.0 Å². The van der Waals surface area contributed by atoms with Gasteiger partial charge in [0.05, 0.1) is 4.90 Å². The van der Waals surface area contributed by atoms with E-state index in [-0.39, 0.29) is 10.5 Å². The summed E-state index contributed by atoms with van der Waals surface area (Å²) in [6.07, 6.45) is 0. The van der Waals surface area contributed by atoms with Crippen molar-refractivity contribution in [3.05, 3.63) is 29.6 Å². The number of fused-ring (bicyclic) bond motifs is 1. The van der Waals surface area contributed by atoms with E-state index in [0.717, 1.165) is 16.4 Å². The van der Waals surface area contributed by atoms with Gasteiger partial charge in [-0.25, -0.2) is 12.8 Å². The van der Waals surface area contributed by atoms with Gasteiger partial charge in [0.15, 0.2) is 5.72 Å². The highest BCUT2D eigenvalue weighted by atomic mass is 32.2. The summed E-state index contributed by atoms with van der Waals surface area (Å²) in [7, 11) is -3.81. The normalized spacial score (nSPS) is 27.2. The third kappa shape index (κ3) is 1.67. The first-order chi connectivity index (χ1) is 7.99. The molecule has 2 rings (SSSR count). The SMILES string of the molecule is CC(C)(C)N1C(C)(O)c2cc(F)ccc2S1(=O)=O. The zero-order valence-corrected chi connectivity index (χ0v) is 11.5. The standard InChI is InChI=1S/C12H16FNO3S/c1-11(2,3)14-12(4,15)9-7-8(13)5-6-10(9)18(14,16)17/h5-7,15H,1-4H3. The Morgan fingerprint density at radius 1 is 1.33 bits per heavy atom. The maximum atomic E-state index is 13.3. The Morgan fingerprint density at radius 3 is 2.39 bits per heavy atom. The molecule has 6 heteroatoms. The fourth-order valence-corrected chi connectivity index (χ4v) is 4.81. The number of benzene rings is 1. The monoisotopic (exact) mass is 273 g/mol. The largest absolute Gasteiger partial charge is 0.371 e. The molecule has 1 aromatic carbocycles. The molecule has 0 saturated heterocycles. The summed E-state index contributed by atoms with van der Waals surface area (Å²) in [6.45, 7) is 6.41. The van der Waals surface area contributed by atoms with Crippen LogP contribution in [0.3, 0.4) is 0 Å². The summed E-state index contributed by atoms with van der Waals surface area (Å²) in [4.78, 5) is -0.0381. The molecular weight excluding hydrogens is 257 g/mol. The molecule has 1 aromatic rings. The number of halogens is 1. The van der Waals surface area contributed by atoms with Gasteiger partial charge < -0.3 is 5.11 Å². The van der Waals surface area contributed by atoms with Crippen molar-refractivity contribution < 1.29 is 17.9 Å². The van der Waals surface area contributed by atoms with Crippen molar-refractivity contribution in [3.8, 4) is 0 Å². The highest BCUT2D eigenvalue weighted by Gasteiger charge is 2.54. The molecule has 0 saturated carbocycles. The van der Waals surface area contributed by atoms with Gasteiger partial charge >= 0.3 is 0 Å². The first-order valence-electron chi connectivity index (χ1n) is 5.57. The average Bonchev–Trinajstić information content (AvgIpc) is 2.28. The van der Waals surface area contributed by atoms with Crippen molar-refractivity contribution in [2.45, 2.75) is 43.9 Å². The van der Waals surface area contributed by atoms with Gasteiger partial charge in [-0.05, 0) is 45.9 Å². The minimum Gasteiger partial charge on any atom is -0.371 e. The molecule has 100 valence electrons. The maximum Gasteiger partial charge on any atom is 0.246 e. The number of sulfonamides is 1. The van der Waals surface area contributed by atoms with Crippen LogP contribution in [0.1, 0.15) is 33.3 Å². The third-order valence-electron chi connectivity index (χ3n) is 2.97. The number of nitrogens with zero attached hydrogens (tertiary/aromatic N) is 1. The van der Waals surface area contributed by atoms with Crippen LogP contribution in [0.2, 0.25) is 0 Å². The molecule has 18 heavy (non-hydrogen) atoms.